The number of alkyl halides is 3. The standard InChI is InChI=1S/C24H20ClF3O4/c1-16(23(29)30-15-14-17-2-6-19(25)7-3-17)31-20-10-12-22(13-11-20)32-21-8-4-18(5-9-21)24(26,27)28/h2-13,16H,14-15H2,1H3. The van der Waals surface area contributed by atoms with Crippen LogP contribution in [0.2, 0.25) is 5.02 Å². The van der Waals surface area contributed by atoms with E-state index in [1.807, 2.05) is 12.1 Å². The lowest BCUT2D eigenvalue weighted by molar-refractivity contribution is -0.151. The molecular weight excluding hydrogens is 445 g/mol. The largest absolute Gasteiger partial charge is 0.479 e. The number of hydrogen-bond acceptors (Lipinski definition) is 4. The molecule has 8 heteroatoms. The zero-order valence-electron chi connectivity index (χ0n) is 17.1. The van der Waals surface area contributed by atoms with E-state index < -0.39 is 23.8 Å². The highest BCUT2D eigenvalue weighted by Crippen LogP contribution is 2.31. The number of carbonyl (C=O) groups is 1. The number of hydrogen-bond donors (Lipinski definition) is 0. The fourth-order valence-electron chi connectivity index (χ4n) is 2.72. The zero-order valence-corrected chi connectivity index (χ0v) is 17.8. The van der Waals surface area contributed by atoms with E-state index in [-0.39, 0.29) is 12.4 Å². The number of halogens is 4. The van der Waals surface area contributed by atoms with E-state index in [2.05, 4.69) is 0 Å². The van der Waals surface area contributed by atoms with Gasteiger partial charge in [-0.15, -0.1) is 0 Å². The third-order valence-corrected chi connectivity index (χ3v) is 4.69. The average molecular weight is 465 g/mol. The van der Waals surface area contributed by atoms with Crippen molar-refractivity contribution < 1.29 is 32.2 Å². The summed E-state index contributed by atoms with van der Waals surface area (Å²) in [5, 5.41) is 0.642. The van der Waals surface area contributed by atoms with Gasteiger partial charge in [-0.3, -0.25) is 0 Å². The molecule has 0 radical (unpaired) electrons. The van der Waals surface area contributed by atoms with Crippen molar-refractivity contribution in [3.63, 3.8) is 0 Å². The van der Waals surface area contributed by atoms with Gasteiger partial charge < -0.3 is 14.2 Å². The van der Waals surface area contributed by atoms with Crippen molar-refractivity contribution in [2.24, 2.45) is 0 Å². The van der Waals surface area contributed by atoms with Crippen LogP contribution in [0.3, 0.4) is 0 Å². The SMILES string of the molecule is CC(Oc1ccc(Oc2ccc(C(F)(F)F)cc2)cc1)C(=O)OCCc1ccc(Cl)cc1. The minimum Gasteiger partial charge on any atom is -0.479 e. The fraction of sp³-hybridized carbons (Fsp3) is 0.208. The molecule has 0 N–H and O–H groups in total. The predicted molar refractivity (Wildman–Crippen MR) is 114 cm³/mol. The Morgan fingerprint density at radius 3 is 1.97 bits per heavy atom. The molecule has 0 heterocycles. The molecule has 0 spiro atoms. The summed E-state index contributed by atoms with van der Waals surface area (Å²) in [6, 6.07) is 18.0. The summed E-state index contributed by atoms with van der Waals surface area (Å²) in [6.07, 6.45) is -4.65. The molecule has 3 aromatic rings. The maximum absolute atomic E-state index is 12.6. The van der Waals surface area contributed by atoms with Crippen LogP contribution < -0.4 is 9.47 Å². The second-order valence-corrected chi connectivity index (χ2v) is 7.34. The first kappa shape index (κ1) is 23.5. The van der Waals surface area contributed by atoms with Crippen molar-refractivity contribution in [1.29, 1.82) is 0 Å². The Bertz CT molecular complexity index is 1020. The van der Waals surface area contributed by atoms with Crippen LogP contribution in [0.4, 0.5) is 13.2 Å². The molecule has 0 aromatic heterocycles. The van der Waals surface area contributed by atoms with E-state index in [1.54, 1.807) is 43.3 Å². The predicted octanol–water partition coefficient (Wildman–Crippen LogP) is 6.70. The van der Waals surface area contributed by atoms with Gasteiger partial charge in [0, 0.05) is 11.4 Å². The highest BCUT2D eigenvalue weighted by atomic mass is 35.5. The summed E-state index contributed by atoms with van der Waals surface area (Å²) in [5.74, 6) is 0.607. The number of esters is 1. The first-order chi connectivity index (χ1) is 15.2. The van der Waals surface area contributed by atoms with E-state index in [9.17, 15) is 18.0 Å². The third kappa shape index (κ3) is 6.92. The molecule has 0 fully saturated rings. The highest BCUT2D eigenvalue weighted by molar-refractivity contribution is 6.30. The van der Waals surface area contributed by atoms with Gasteiger partial charge in [-0.05, 0) is 73.2 Å². The first-order valence-electron chi connectivity index (χ1n) is 9.73. The van der Waals surface area contributed by atoms with Gasteiger partial charge in [-0.2, -0.15) is 13.2 Å². The molecule has 0 aliphatic heterocycles. The molecule has 0 aliphatic rings. The van der Waals surface area contributed by atoms with Gasteiger partial charge in [0.2, 0.25) is 0 Å². The van der Waals surface area contributed by atoms with Crippen LogP contribution in [0.25, 0.3) is 0 Å². The molecule has 0 amide bonds. The lowest BCUT2D eigenvalue weighted by Crippen LogP contribution is -2.26. The molecule has 3 aromatic carbocycles. The maximum atomic E-state index is 12.6. The minimum atomic E-state index is -4.40. The van der Waals surface area contributed by atoms with Crippen molar-refractivity contribution in [2.45, 2.75) is 25.6 Å². The van der Waals surface area contributed by atoms with Crippen LogP contribution in [-0.4, -0.2) is 18.7 Å². The van der Waals surface area contributed by atoms with E-state index in [1.165, 1.54) is 12.1 Å². The van der Waals surface area contributed by atoms with E-state index >= 15 is 0 Å². The number of benzene rings is 3. The van der Waals surface area contributed by atoms with Gasteiger partial charge in [-0.25, -0.2) is 4.79 Å². The summed E-state index contributed by atoms with van der Waals surface area (Å²) in [6.45, 7) is 1.80. The molecule has 0 saturated carbocycles. The Kier molecular flexibility index (Phi) is 7.64. The molecule has 4 nitrogen and oxygen atoms in total. The number of carbonyl (C=O) groups excluding carboxylic acids is 1. The second-order valence-electron chi connectivity index (χ2n) is 6.90. The van der Waals surface area contributed by atoms with Crippen LogP contribution in [0.5, 0.6) is 17.2 Å². The average Bonchev–Trinajstić information content (AvgIpc) is 2.76. The van der Waals surface area contributed by atoms with Gasteiger partial charge in [0.15, 0.2) is 6.10 Å². The topological polar surface area (TPSA) is 44.8 Å². The smallest absolute Gasteiger partial charge is 0.416 e. The second kappa shape index (κ2) is 10.4. The number of ether oxygens (including phenoxy) is 3. The molecular formula is C24H20ClF3O4. The molecule has 0 saturated heterocycles. The summed E-state index contributed by atoms with van der Waals surface area (Å²) in [4.78, 5) is 12.1. The van der Waals surface area contributed by atoms with Gasteiger partial charge in [-0.1, -0.05) is 23.7 Å². The lowest BCUT2D eigenvalue weighted by atomic mass is 10.2. The zero-order chi connectivity index (χ0) is 23.1. The third-order valence-electron chi connectivity index (χ3n) is 4.43. The summed E-state index contributed by atoms with van der Waals surface area (Å²) in [5.41, 5.74) is 0.252. The monoisotopic (exact) mass is 464 g/mol. The minimum absolute atomic E-state index is 0.216. The molecule has 1 atom stereocenters. The number of rotatable bonds is 8. The molecule has 1 unspecified atom stereocenters. The molecule has 0 bridgehead atoms. The van der Waals surface area contributed by atoms with E-state index in [0.29, 0.717) is 22.9 Å². The van der Waals surface area contributed by atoms with Crippen molar-refractivity contribution in [3.8, 4) is 17.2 Å². The molecule has 168 valence electrons. The van der Waals surface area contributed by atoms with Crippen molar-refractivity contribution >= 4 is 17.6 Å². The Morgan fingerprint density at radius 1 is 0.875 bits per heavy atom. The van der Waals surface area contributed by atoms with Crippen LogP contribution in [-0.2, 0) is 22.1 Å². The van der Waals surface area contributed by atoms with Gasteiger partial charge in [0.25, 0.3) is 0 Å². The van der Waals surface area contributed by atoms with Gasteiger partial charge in [0.05, 0.1) is 12.2 Å². The van der Waals surface area contributed by atoms with Crippen LogP contribution in [0, 0.1) is 0 Å². The maximum Gasteiger partial charge on any atom is 0.416 e. The lowest BCUT2D eigenvalue weighted by Gasteiger charge is -2.14. The van der Waals surface area contributed by atoms with Crippen molar-refractivity contribution in [1.82, 2.24) is 0 Å². The first-order valence-corrected chi connectivity index (χ1v) is 10.1. The Morgan fingerprint density at radius 2 is 1.41 bits per heavy atom. The molecule has 3 rings (SSSR count). The Balaban J connectivity index is 1.46. The summed E-state index contributed by atoms with van der Waals surface area (Å²) < 4.78 is 54.2. The van der Waals surface area contributed by atoms with Crippen LogP contribution in [0.15, 0.2) is 72.8 Å². The van der Waals surface area contributed by atoms with Gasteiger partial charge >= 0.3 is 12.1 Å². The molecule has 0 aliphatic carbocycles. The highest BCUT2D eigenvalue weighted by Gasteiger charge is 2.30. The van der Waals surface area contributed by atoms with Gasteiger partial charge in [0.1, 0.15) is 17.2 Å². The quantitative estimate of drug-likeness (QED) is 0.348. The molecule has 32 heavy (non-hydrogen) atoms. The van der Waals surface area contributed by atoms with Crippen molar-refractivity contribution in [2.75, 3.05) is 6.61 Å². The van der Waals surface area contributed by atoms with Crippen molar-refractivity contribution in [3.05, 3.63) is 88.9 Å². The summed E-state index contributed by atoms with van der Waals surface area (Å²) >= 11 is 5.84. The van der Waals surface area contributed by atoms with E-state index in [4.69, 9.17) is 25.8 Å². The van der Waals surface area contributed by atoms with Crippen LogP contribution >= 0.6 is 11.6 Å². The summed E-state index contributed by atoms with van der Waals surface area (Å²) in [7, 11) is 0. The Hall–Kier alpha value is -3.19. The van der Waals surface area contributed by atoms with E-state index in [0.717, 1.165) is 17.7 Å². The fourth-order valence-corrected chi connectivity index (χ4v) is 2.85. The normalized spacial score (nSPS) is 12.2. The Labute approximate surface area is 188 Å². The van der Waals surface area contributed by atoms with Crippen LogP contribution in [0.1, 0.15) is 18.1 Å².